The molecule has 2 unspecified atom stereocenters. The van der Waals surface area contributed by atoms with Crippen molar-refractivity contribution in [3.05, 3.63) is 38.9 Å². The van der Waals surface area contributed by atoms with Crippen LogP contribution in [-0.4, -0.2) is 22.7 Å². The van der Waals surface area contributed by atoms with Gasteiger partial charge in [-0.05, 0) is 6.07 Å². The van der Waals surface area contributed by atoms with Crippen LogP contribution in [0.25, 0.3) is 0 Å². The summed E-state index contributed by atoms with van der Waals surface area (Å²) in [5, 5.41) is 23.0. The molecule has 8 heteroatoms. The number of hydrogen-bond donors (Lipinski definition) is 1. The predicted molar refractivity (Wildman–Crippen MR) is 64.0 cm³/mol. The average molecular weight is 289 g/mol. The third-order valence-corrected chi connectivity index (χ3v) is 4.32. The van der Waals surface area contributed by atoms with Crippen molar-refractivity contribution in [1.82, 2.24) is 0 Å². The molecule has 0 aromatic heterocycles. The van der Waals surface area contributed by atoms with Crippen molar-refractivity contribution in [1.29, 1.82) is 0 Å². The number of rotatable bonds is 3. The number of benzene rings is 1. The van der Waals surface area contributed by atoms with E-state index >= 15 is 0 Å². The number of nitro benzene ring substituents is 1. The molecule has 0 bridgehead atoms. The molecular weight excluding hydrogens is 280 g/mol. The summed E-state index contributed by atoms with van der Waals surface area (Å²) in [7, 11) is 0. The smallest absolute Gasteiger partial charge is 0.288 e. The van der Waals surface area contributed by atoms with Gasteiger partial charge >= 0.3 is 0 Å². The SMILES string of the molecule is O=C([O-])C1CSC(c2ccc(Cl)c([N+](=O)[O-])c2)[NH2+]1. The van der Waals surface area contributed by atoms with Gasteiger partial charge in [0.1, 0.15) is 17.0 Å². The van der Waals surface area contributed by atoms with Crippen molar-refractivity contribution in [3.8, 4) is 0 Å². The van der Waals surface area contributed by atoms with Gasteiger partial charge in [-0.3, -0.25) is 10.1 Å². The number of carbonyl (C=O) groups is 1. The normalized spacial score (nSPS) is 22.9. The molecule has 0 spiro atoms. The van der Waals surface area contributed by atoms with Crippen LogP contribution in [0.15, 0.2) is 18.2 Å². The van der Waals surface area contributed by atoms with Crippen LogP contribution in [0, 0.1) is 10.1 Å². The van der Waals surface area contributed by atoms with E-state index in [1.165, 1.54) is 23.9 Å². The maximum Gasteiger partial charge on any atom is 0.288 e. The topological polar surface area (TPSA) is 99.9 Å². The van der Waals surface area contributed by atoms with Gasteiger partial charge in [0, 0.05) is 11.6 Å². The number of nitro groups is 1. The molecule has 2 atom stereocenters. The first-order valence-corrected chi connectivity index (χ1v) is 6.53. The summed E-state index contributed by atoms with van der Waals surface area (Å²) in [6, 6.07) is 3.89. The summed E-state index contributed by atoms with van der Waals surface area (Å²) in [6.07, 6.45) is 0. The molecule has 0 amide bonds. The Morgan fingerprint density at radius 3 is 2.83 bits per heavy atom. The summed E-state index contributed by atoms with van der Waals surface area (Å²) >= 11 is 7.13. The molecule has 2 N–H and O–H groups in total. The van der Waals surface area contributed by atoms with Crippen molar-refractivity contribution in [2.75, 3.05) is 5.75 Å². The number of carbonyl (C=O) groups excluding carboxylic acids is 1. The lowest BCUT2D eigenvalue weighted by molar-refractivity contribution is -0.690. The first kappa shape index (κ1) is 13.1. The number of nitrogens with two attached hydrogens (primary N) is 1. The predicted octanol–water partition coefficient (Wildman–Crippen LogP) is -0.325. The molecule has 1 saturated heterocycles. The molecule has 0 saturated carbocycles. The maximum absolute atomic E-state index is 10.8. The maximum atomic E-state index is 10.8. The minimum Gasteiger partial charge on any atom is -0.544 e. The van der Waals surface area contributed by atoms with Gasteiger partial charge in [0.15, 0.2) is 5.37 Å². The van der Waals surface area contributed by atoms with E-state index in [1.807, 2.05) is 0 Å². The quantitative estimate of drug-likeness (QED) is 0.607. The molecule has 1 aromatic carbocycles. The Hall–Kier alpha value is -1.31. The van der Waals surface area contributed by atoms with Crippen molar-refractivity contribution in [2.45, 2.75) is 11.4 Å². The zero-order chi connectivity index (χ0) is 13.3. The van der Waals surface area contributed by atoms with Crippen molar-refractivity contribution >= 4 is 35.0 Å². The van der Waals surface area contributed by atoms with Gasteiger partial charge in [0.05, 0.1) is 10.7 Å². The fourth-order valence-electron chi connectivity index (χ4n) is 1.73. The Morgan fingerprint density at radius 1 is 1.56 bits per heavy atom. The average Bonchev–Trinajstić information content (AvgIpc) is 2.78. The fraction of sp³-hybridized carbons (Fsp3) is 0.300. The van der Waals surface area contributed by atoms with Crippen molar-refractivity contribution in [3.63, 3.8) is 0 Å². The highest BCUT2D eigenvalue weighted by Crippen LogP contribution is 2.32. The molecule has 1 aliphatic rings. The van der Waals surface area contributed by atoms with E-state index in [0.29, 0.717) is 11.3 Å². The van der Waals surface area contributed by atoms with Crippen LogP contribution in [0.5, 0.6) is 0 Å². The second kappa shape index (κ2) is 5.13. The van der Waals surface area contributed by atoms with Gasteiger partial charge in [0.2, 0.25) is 0 Å². The Labute approximate surface area is 111 Å². The van der Waals surface area contributed by atoms with Gasteiger partial charge in [-0.2, -0.15) is 0 Å². The molecule has 0 aliphatic carbocycles. The molecule has 0 radical (unpaired) electrons. The van der Waals surface area contributed by atoms with Crippen molar-refractivity contribution < 1.29 is 20.1 Å². The lowest BCUT2D eigenvalue weighted by Crippen LogP contribution is -2.90. The Balaban J connectivity index is 2.22. The molecule has 1 aromatic rings. The number of carboxylic acid groups (broad SMARTS) is 1. The summed E-state index contributed by atoms with van der Waals surface area (Å²) in [4.78, 5) is 20.9. The van der Waals surface area contributed by atoms with E-state index < -0.39 is 16.9 Å². The first-order valence-electron chi connectivity index (χ1n) is 5.10. The number of thioether (sulfide) groups is 1. The van der Waals surface area contributed by atoms with Crippen LogP contribution in [0.1, 0.15) is 10.9 Å². The van der Waals surface area contributed by atoms with Crippen molar-refractivity contribution in [2.24, 2.45) is 0 Å². The highest BCUT2D eigenvalue weighted by atomic mass is 35.5. The number of aliphatic carboxylic acids is 1. The molecule has 1 fully saturated rings. The summed E-state index contributed by atoms with van der Waals surface area (Å²) in [5.41, 5.74) is 0.514. The summed E-state index contributed by atoms with van der Waals surface area (Å²) < 4.78 is 0. The van der Waals surface area contributed by atoms with Crippen LogP contribution in [0.3, 0.4) is 0 Å². The van der Waals surface area contributed by atoms with E-state index in [-0.39, 0.29) is 16.1 Å². The molecule has 18 heavy (non-hydrogen) atoms. The first-order chi connectivity index (χ1) is 8.49. The fourth-order valence-corrected chi connectivity index (χ4v) is 3.22. The second-order valence-corrected chi connectivity index (χ2v) is 5.42. The lowest BCUT2D eigenvalue weighted by Gasteiger charge is -2.11. The zero-order valence-corrected chi connectivity index (χ0v) is 10.6. The third kappa shape index (κ3) is 2.58. The number of halogens is 1. The van der Waals surface area contributed by atoms with Gasteiger partial charge in [-0.15, -0.1) is 0 Å². The van der Waals surface area contributed by atoms with Crippen LogP contribution >= 0.6 is 23.4 Å². The van der Waals surface area contributed by atoms with E-state index in [4.69, 9.17) is 11.6 Å². The van der Waals surface area contributed by atoms with E-state index in [2.05, 4.69) is 0 Å². The number of quaternary nitrogens is 1. The zero-order valence-electron chi connectivity index (χ0n) is 9.04. The van der Waals surface area contributed by atoms with Crippen LogP contribution in [-0.2, 0) is 4.79 Å². The minimum atomic E-state index is -1.12. The summed E-state index contributed by atoms with van der Waals surface area (Å²) in [6.45, 7) is 0. The van der Waals surface area contributed by atoms with E-state index in [0.717, 1.165) is 0 Å². The summed E-state index contributed by atoms with van der Waals surface area (Å²) in [5.74, 6) is -0.697. The highest BCUT2D eigenvalue weighted by molar-refractivity contribution is 7.99. The third-order valence-electron chi connectivity index (χ3n) is 2.66. The van der Waals surface area contributed by atoms with E-state index in [9.17, 15) is 20.0 Å². The Morgan fingerprint density at radius 2 is 2.28 bits per heavy atom. The van der Waals surface area contributed by atoms with Crippen LogP contribution in [0.2, 0.25) is 5.02 Å². The molecule has 6 nitrogen and oxygen atoms in total. The molecule has 96 valence electrons. The number of nitrogens with zero attached hydrogens (tertiary/aromatic N) is 1. The molecule has 1 aliphatic heterocycles. The largest absolute Gasteiger partial charge is 0.544 e. The van der Waals surface area contributed by atoms with E-state index in [1.54, 1.807) is 11.4 Å². The molecule has 1 heterocycles. The van der Waals surface area contributed by atoms with Gasteiger partial charge in [0.25, 0.3) is 5.69 Å². The Bertz CT molecular complexity index is 511. The van der Waals surface area contributed by atoms with Crippen LogP contribution in [0.4, 0.5) is 5.69 Å². The standard InChI is InChI=1S/C10H9ClN2O4S/c11-6-2-1-5(3-8(6)13(16)17)9-12-7(4-18-9)10(14)15/h1-3,7,9,12H,4H2,(H,14,15). The lowest BCUT2D eigenvalue weighted by atomic mass is 10.2. The van der Waals surface area contributed by atoms with Gasteiger partial charge in [-0.1, -0.05) is 29.4 Å². The Kier molecular flexibility index (Phi) is 3.74. The van der Waals surface area contributed by atoms with Gasteiger partial charge < -0.3 is 15.2 Å². The van der Waals surface area contributed by atoms with Crippen LogP contribution < -0.4 is 10.4 Å². The highest BCUT2D eigenvalue weighted by Gasteiger charge is 2.32. The monoisotopic (exact) mass is 288 g/mol. The number of carboxylic acids is 1. The molecular formula is C10H9ClN2O4S. The minimum absolute atomic E-state index is 0.0724. The number of hydrogen-bond acceptors (Lipinski definition) is 5. The second-order valence-electron chi connectivity index (χ2n) is 3.84. The van der Waals surface area contributed by atoms with Gasteiger partial charge in [-0.25, -0.2) is 0 Å². The molecule has 2 rings (SSSR count).